The lowest BCUT2D eigenvalue weighted by Gasteiger charge is -2.17. The molecule has 1 unspecified atom stereocenters. The average Bonchev–Trinajstić information content (AvgIpc) is 2.20. The molecule has 1 rings (SSSR count). The Balaban J connectivity index is 2.62. The normalized spacial score (nSPS) is 12.5. The molecule has 0 spiro atoms. The van der Waals surface area contributed by atoms with Crippen LogP contribution in [0.2, 0.25) is 0 Å². The first kappa shape index (κ1) is 11.0. The summed E-state index contributed by atoms with van der Waals surface area (Å²) in [6, 6.07) is 4.63. The van der Waals surface area contributed by atoms with Crippen LogP contribution in [0.3, 0.4) is 0 Å². The number of aryl methyl sites for hydroxylation is 1. The van der Waals surface area contributed by atoms with Crippen molar-refractivity contribution in [3.05, 3.63) is 23.9 Å². The molecule has 0 aliphatic heterocycles. The van der Waals surface area contributed by atoms with Crippen molar-refractivity contribution in [2.45, 2.75) is 46.1 Å². The lowest BCUT2D eigenvalue weighted by atomic mass is 10.1. The minimum absolute atomic E-state index is 0.564. The topological polar surface area (TPSA) is 24.9 Å². The molecule has 0 radical (unpaired) electrons. The highest BCUT2D eigenvalue weighted by atomic mass is 15.0. The van der Waals surface area contributed by atoms with Crippen LogP contribution in [0, 0.1) is 6.92 Å². The smallest absolute Gasteiger partial charge is 0.129 e. The number of nitrogens with zero attached hydrogens (tertiary/aromatic N) is 1. The van der Waals surface area contributed by atoms with E-state index in [-0.39, 0.29) is 0 Å². The van der Waals surface area contributed by atoms with Crippen LogP contribution >= 0.6 is 0 Å². The Morgan fingerprint density at radius 2 is 2.21 bits per heavy atom. The number of anilines is 1. The quantitative estimate of drug-likeness (QED) is 0.773. The van der Waals surface area contributed by atoms with Gasteiger partial charge < -0.3 is 5.32 Å². The minimum atomic E-state index is 0.564. The Hall–Kier alpha value is -1.05. The summed E-state index contributed by atoms with van der Waals surface area (Å²) in [4.78, 5) is 4.34. The van der Waals surface area contributed by atoms with Gasteiger partial charge in [-0.15, -0.1) is 0 Å². The van der Waals surface area contributed by atoms with Crippen molar-refractivity contribution in [3.8, 4) is 0 Å². The highest BCUT2D eigenvalue weighted by molar-refractivity contribution is 5.43. The molecule has 2 heteroatoms. The van der Waals surface area contributed by atoms with Gasteiger partial charge in [-0.1, -0.05) is 26.3 Å². The van der Waals surface area contributed by atoms with Crippen LogP contribution in [-0.4, -0.2) is 11.0 Å². The third-order valence-corrected chi connectivity index (χ3v) is 2.48. The summed E-state index contributed by atoms with van der Waals surface area (Å²) in [5.74, 6) is 1.04. The van der Waals surface area contributed by atoms with Gasteiger partial charge in [0.15, 0.2) is 0 Å². The monoisotopic (exact) mass is 192 g/mol. The van der Waals surface area contributed by atoms with Gasteiger partial charge in [0.2, 0.25) is 0 Å². The Bertz CT molecular complexity index is 271. The van der Waals surface area contributed by atoms with Gasteiger partial charge in [-0.05, 0) is 31.4 Å². The number of nitrogens with one attached hydrogen (secondary N) is 1. The van der Waals surface area contributed by atoms with Gasteiger partial charge in [-0.2, -0.15) is 0 Å². The summed E-state index contributed by atoms with van der Waals surface area (Å²) >= 11 is 0. The lowest BCUT2D eigenvalue weighted by molar-refractivity contribution is 0.620. The van der Waals surface area contributed by atoms with E-state index in [2.05, 4.69) is 37.1 Å². The summed E-state index contributed by atoms with van der Waals surface area (Å²) in [5.41, 5.74) is 1.22. The summed E-state index contributed by atoms with van der Waals surface area (Å²) in [6.07, 6.45) is 5.43. The van der Waals surface area contributed by atoms with Crippen molar-refractivity contribution in [1.82, 2.24) is 4.98 Å². The molecule has 0 aromatic carbocycles. The van der Waals surface area contributed by atoms with E-state index in [9.17, 15) is 0 Å². The van der Waals surface area contributed by atoms with Crippen molar-refractivity contribution in [2.24, 2.45) is 0 Å². The van der Waals surface area contributed by atoms with Gasteiger partial charge in [0, 0.05) is 12.2 Å². The van der Waals surface area contributed by atoms with Gasteiger partial charge in [0.05, 0.1) is 0 Å². The van der Waals surface area contributed by atoms with E-state index < -0.39 is 0 Å². The Labute approximate surface area is 86.8 Å². The molecule has 0 fully saturated rings. The van der Waals surface area contributed by atoms with Crippen LogP contribution < -0.4 is 5.32 Å². The zero-order valence-corrected chi connectivity index (χ0v) is 9.38. The molecule has 78 valence electrons. The van der Waals surface area contributed by atoms with E-state index in [1.54, 1.807) is 0 Å². The number of rotatable bonds is 5. The number of pyridine rings is 1. The fraction of sp³-hybridized carbons (Fsp3) is 0.583. The largest absolute Gasteiger partial charge is 0.367 e. The summed E-state index contributed by atoms with van der Waals surface area (Å²) in [6.45, 7) is 6.52. The molecule has 0 amide bonds. The Morgan fingerprint density at radius 3 is 2.79 bits per heavy atom. The highest BCUT2D eigenvalue weighted by Gasteiger charge is 2.06. The van der Waals surface area contributed by atoms with Gasteiger partial charge in [-0.3, -0.25) is 0 Å². The molecule has 1 aromatic rings. The van der Waals surface area contributed by atoms with Crippen molar-refractivity contribution < 1.29 is 0 Å². The van der Waals surface area contributed by atoms with Crippen LogP contribution in [0.1, 0.15) is 38.7 Å². The first-order valence-electron chi connectivity index (χ1n) is 5.46. The molecule has 1 heterocycles. The zero-order valence-electron chi connectivity index (χ0n) is 9.38. The third kappa shape index (κ3) is 3.02. The maximum Gasteiger partial charge on any atom is 0.129 e. The van der Waals surface area contributed by atoms with Crippen molar-refractivity contribution in [3.63, 3.8) is 0 Å². The molecule has 0 aliphatic carbocycles. The minimum Gasteiger partial charge on any atom is -0.367 e. The second-order valence-corrected chi connectivity index (χ2v) is 3.71. The Morgan fingerprint density at radius 1 is 1.43 bits per heavy atom. The number of aromatic nitrogens is 1. The molecule has 2 nitrogen and oxygen atoms in total. The van der Waals surface area contributed by atoms with E-state index in [1.807, 2.05) is 12.3 Å². The van der Waals surface area contributed by atoms with Crippen LogP contribution in [0.5, 0.6) is 0 Å². The van der Waals surface area contributed by atoms with Gasteiger partial charge in [0.25, 0.3) is 0 Å². The Kier molecular flexibility index (Phi) is 4.44. The molecule has 14 heavy (non-hydrogen) atoms. The molecule has 1 atom stereocenters. The maximum absolute atomic E-state index is 4.34. The SMILES string of the molecule is CCCC(CC)Nc1ncccc1C. The highest BCUT2D eigenvalue weighted by Crippen LogP contribution is 2.14. The van der Waals surface area contributed by atoms with E-state index in [4.69, 9.17) is 0 Å². The van der Waals surface area contributed by atoms with Gasteiger partial charge in [-0.25, -0.2) is 4.98 Å². The second-order valence-electron chi connectivity index (χ2n) is 3.71. The van der Waals surface area contributed by atoms with E-state index in [0.29, 0.717) is 6.04 Å². The summed E-state index contributed by atoms with van der Waals surface area (Å²) < 4.78 is 0. The molecule has 0 aliphatic rings. The first-order valence-corrected chi connectivity index (χ1v) is 5.46. The summed E-state index contributed by atoms with van der Waals surface area (Å²) in [5, 5.41) is 3.49. The zero-order chi connectivity index (χ0) is 10.4. The number of hydrogen-bond acceptors (Lipinski definition) is 2. The molecule has 0 bridgehead atoms. The van der Waals surface area contributed by atoms with Crippen LogP contribution in [-0.2, 0) is 0 Å². The molecule has 0 saturated heterocycles. The van der Waals surface area contributed by atoms with E-state index in [1.165, 1.54) is 18.4 Å². The third-order valence-electron chi connectivity index (χ3n) is 2.48. The fourth-order valence-corrected chi connectivity index (χ4v) is 1.56. The van der Waals surface area contributed by atoms with Crippen LogP contribution in [0.25, 0.3) is 0 Å². The fourth-order valence-electron chi connectivity index (χ4n) is 1.56. The predicted octanol–water partition coefficient (Wildman–Crippen LogP) is 3.38. The maximum atomic E-state index is 4.34. The summed E-state index contributed by atoms with van der Waals surface area (Å²) in [7, 11) is 0. The van der Waals surface area contributed by atoms with Gasteiger partial charge in [0.1, 0.15) is 5.82 Å². The first-order chi connectivity index (χ1) is 6.77. The van der Waals surface area contributed by atoms with Crippen molar-refractivity contribution in [1.29, 1.82) is 0 Å². The lowest BCUT2D eigenvalue weighted by Crippen LogP contribution is -2.19. The van der Waals surface area contributed by atoms with Crippen LogP contribution in [0.15, 0.2) is 18.3 Å². The number of hydrogen-bond donors (Lipinski definition) is 1. The van der Waals surface area contributed by atoms with Crippen molar-refractivity contribution in [2.75, 3.05) is 5.32 Å². The molecule has 1 aromatic heterocycles. The molecular weight excluding hydrogens is 172 g/mol. The average molecular weight is 192 g/mol. The molecule has 1 N–H and O–H groups in total. The van der Waals surface area contributed by atoms with Crippen molar-refractivity contribution >= 4 is 5.82 Å². The standard InChI is InChI=1S/C12H20N2/c1-4-7-11(5-2)14-12-10(3)8-6-9-13-12/h6,8-9,11H,4-5,7H2,1-3H3,(H,13,14). The molecule has 0 saturated carbocycles. The van der Waals surface area contributed by atoms with Gasteiger partial charge >= 0.3 is 0 Å². The molecular formula is C12H20N2. The predicted molar refractivity (Wildman–Crippen MR) is 61.6 cm³/mol. The van der Waals surface area contributed by atoms with E-state index in [0.717, 1.165) is 12.2 Å². The van der Waals surface area contributed by atoms with Crippen LogP contribution in [0.4, 0.5) is 5.82 Å². The second kappa shape index (κ2) is 5.63. The van der Waals surface area contributed by atoms with E-state index >= 15 is 0 Å².